The van der Waals surface area contributed by atoms with E-state index in [-0.39, 0.29) is 17.2 Å². The van der Waals surface area contributed by atoms with E-state index in [0.29, 0.717) is 6.54 Å². The molecule has 1 aromatic carbocycles. The van der Waals surface area contributed by atoms with Crippen LogP contribution in [0.4, 0.5) is 0 Å². The van der Waals surface area contributed by atoms with Crippen molar-refractivity contribution in [1.29, 1.82) is 0 Å². The van der Waals surface area contributed by atoms with Crippen molar-refractivity contribution in [2.75, 3.05) is 19.6 Å². The van der Waals surface area contributed by atoms with Gasteiger partial charge in [0.15, 0.2) is 0 Å². The molecule has 0 atom stereocenters. The molecule has 1 aliphatic rings. The summed E-state index contributed by atoms with van der Waals surface area (Å²) in [6.45, 7) is 6.59. The number of carbonyl (C=O) groups excluding carboxylic acids is 1. The van der Waals surface area contributed by atoms with Crippen LogP contribution in [0.15, 0.2) is 28.7 Å². The molecule has 1 fully saturated rings. The van der Waals surface area contributed by atoms with Gasteiger partial charge in [0.25, 0.3) is 0 Å². The average molecular weight is 311 g/mol. The Morgan fingerprint density at radius 3 is 2.50 bits per heavy atom. The van der Waals surface area contributed by atoms with E-state index < -0.39 is 0 Å². The summed E-state index contributed by atoms with van der Waals surface area (Å²) in [4.78, 5) is 11.8. The van der Waals surface area contributed by atoms with Crippen LogP contribution in [0.25, 0.3) is 0 Å². The van der Waals surface area contributed by atoms with Crippen LogP contribution < -0.4 is 10.6 Å². The van der Waals surface area contributed by atoms with E-state index in [1.807, 2.05) is 12.1 Å². The fraction of sp³-hybridized carbons (Fsp3) is 0.500. The van der Waals surface area contributed by atoms with E-state index in [0.717, 1.165) is 17.6 Å². The SMILES string of the molecule is CC(C)(CNC(=O)C1CNC1)c1ccc(Br)cc1. The minimum Gasteiger partial charge on any atom is -0.355 e. The van der Waals surface area contributed by atoms with E-state index in [1.54, 1.807) is 0 Å². The van der Waals surface area contributed by atoms with Gasteiger partial charge in [0, 0.05) is 29.5 Å². The van der Waals surface area contributed by atoms with Gasteiger partial charge in [-0.3, -0.25) is 4.79 Å². The summed E-state index contributed by atoms with van der Waals surface area (Å²) in [6, 6.07) is 8.27. The topological polar surface area (TPSA) is 41.1 Å². The smallest absolute Gasteiger partial charge is 0.225 e. The second kappa shape index (κ2) is 5.41. The Morgan fingerprint density at radius 2 is 2.00 bits per heavy atom. The number of hydrogen-bond acceptors (Lipinski definition) is 2. The lowest BCUT2D eigenvalue weighted by molar-refractivity contribution is -0.126. The second-order valence-electron chi connectivity index (χ2n) is 5.46. The first kappa shape index (κ1) is 13.6. The van der Waals surface area contributed by atoms with Crippen molar-refractivity contribution >= 4 is 21.8 Å². The summed E-state index contributed by atoms with van der Waals surface area (Å²) >= 11 is 3.43. The van der Waals surface area contributed by atoms with Crippen molar-refractivity contribution < 1.29 is 4.79 Å². The number of rotatable bonds is 4. The van der Waals surface area contributed by atoms with Crippen molar-refractivity contribution in [2.24, 2.45) is 5.92 Å². The summed E-state index contributed by atoms with van der Waals surface area (Å²) in [5.74, 6) is 0.324. The van der Waals surface area contributed by atoms with Crippen LogP contribution in [0, 0.1) is 5.92 Å². The third-order valence-corrected chi connectivity index (χ3v) is 4.01. The highest BCUT2D eigenvalue weighted by molar-refractivity contribution is 9.10. The Hall–Kier alpha value is -0.870. The molecule has 3 nitrogen and oxygen atoms in total. The van der Waals surface area contributed by atoms with Crippen LogP contribution in [0.1, 0.15) is 19.4 Å². The summed E-state index contributed by atoms with van der Waals surface area (Å²) in [5.41, 5.74) is 1.19. The molecule has 0 bridgehead atoms. The first-order chi connectivity index (χ1) is 8.49. The summed E-state index contributed by atoms with van der Waals surface area (Å²) in [5, 5.41) is 6.16. The van der Waals surface area contributed by atoms with Gasteiger partial charge in [0.2, 0.25) is 5.91 Å². The maximum Gasteiger partial charge on any atom is 0.225 e. The Labute approximate surface area is 116 Å². The van der Waals surface area contributed by atoms with Crippen LogP contribution in [0.3, 0.4) is 0 Å². The molecule has 0 spiro atoms. The van der Waals surface area contributed by atoms with Crippen molar-refractivity contribution in [1.82, 2.24) is 10.6 Å². The Kier molecular flexibility index (Phi) is 4.07. The molecule has 1 aromatic rings. The molecule has 1 saturated heterocycles. The predicted molar refractivity (Wildman–Crippen MR) is 76.5 cm³/mol. The van der Waals surface area contributed by atoms with E-state index in [4.69, 9.17) is 0 Å². The lowest BCUT2D eigenvalue weighted by Gasteiger charge is -2.30. The molecule has 4 heteroatoms. The van der Waals surface area contributed by atoms with Gasteiger partial charge in [-0.05, 0) is 17.7 Å². The van der Waals surface area contributed by atoms with Gasteiger partial charge in [0.05, 0.1) is 5.92 Å². The standard InChI is InChI=1S/C14H19BrN2O/c1-14(2,11-3-5-12(15)6-4-11)9-17-13(18)10-7-16-8-10/h3-6,10,16H,7-9H2,1-2H3,(H,17,18). The van der Waals surface area contributed by atoms with E-state index in [1.165, 1.54) is 5.56 Å². The Balaban J connectivity index is 1.93. The van der Waals surface area contributed by atoms with Gasteiger partial charge in [-0.15, -0.1) is 0 Å². The molecule has 0 unspecified atom stereocenters. The van der Waals surface area contributed by atoms with Crippen molar-refractivity contribution in [3.05, 3.63) is 34.3 Å². The zero-order valence-electron chi connectivity index (χ0n) is 10.8. The molecule has 2 N–H and O–H groups in total. The first-order valence-electron chi connectivity index (χ1n) is 6.23. The third-order valence-electron chi connectivity index (χ3n) is 3.48. The summed E-state index contributed by atoms with van der Waals surface area (Å²) in [6.07, 6.45) is 0. The van der Waals surface area contributed by atoms with Crippen LogP contribution in [-0.2, 0) is 10.2 Å². The highest BCUT2D eigenvalue weighted by Gasteiger charge is 2.27. The quantitative estimate of drug-likeness (QED) is 0.894. The largest absolute Gasteiger partial charge is 0.355 e. The van der Waals surface area contributed by atoms with Crippen molar-refractivity contribution in [3.63, 3.8) is 0 Å². The monoisotopic (exact) mass is 310 g/mol. The minimum absolute atomic E-state index is 0.0481. The van der Waals surface area contributed by atoms with Gasteiger partial charge in [-0.25, -0.2) is 0 Å². The average Bonchev–Trinajstić information content (AvgIpc) is 2.25. The first-order valence-corrected chi connectivity index (χ1v) is 7.03. The molecule has 98 valence electrons. The van der Waals surface area contributed by atoms with Gasteiger partial charge < -0.3 is 10.6 Å². The van der Waals surface area contributed by atoms with Gasteiger partial charge in [0.1, 0.15) is 0 Å². The fourth-order valence-electron chi connectivity index (χ4n) is 1.93. The number of hydrogen-bond donors (Lipinski definition) is 2. The number of carbonyl (C=O) groups is 1. The zero-order chi connectivity index (χ0) is 13.2. The minimum atomic E-state index is -0.0481. The molecule has 1 heterocycles. The molecule has 18 heavy (non-hydrogen) atoms. The number of benzene rings is 1. The number of nitrogens with one attached hydrogen (secondary N) is 2. The van der Waals surface area contributed by atoms with E-state index in [9.17, 15) is 4.79 Å². The zero-order valence-corrected chi connectivity index (χ0v) is 12.4. The third kappa shape index (κ3) is 3.12. The van der Waals surface area contributed by atoms with Crippen LogP contribution in [-0.4, -0.2) is 25.5 Å². The maximum atomic E-state index is 11.8. The van der Waals surface area contributed by atoms with Gasteiger partial charge in [-0.2, -0.15) is 0 Å². The molecular weight excluding hydrogens is 292 g/mol. The fourth-order valence-corrected chi connectivity index (χ4v) is 2.19. The van der Waals surface area contributed by atoms with Gasteiger partial charge in [-0.1, -0.05) is 41.9 Å². The van der Waals surface area contributed by atoms with Crippen molar-refractivity contribution in [2.45, 2.75) is 19.3 Å². The molecule has 0 saturated carbocycles. The molecule has 0 aromatic heterocycles. The molecule has 2 rings (SSSR count). The Morgan fingerprint density at radius 1 is 1.39 bits per heavy atom. The lowest BCUT2D eigenvalue weighted by Crippen LogP contribution is -2.52. The molecule has 0 radical (unpaired) electrons. The highest BCUT2D eigenvalue weighted by atomic mass is 79.9. The maximum absolute atomic E-state index is 11.8. The lowest BCUT2D eigenvalue weighted by atomic mass is 9.84. The highest BCUT2D eigenvalue weighted by Crippen LogP contribution is 2.24. The van der Waals surface area contributed by atoms with Crippen molar-refractivity contribution in [3.8, 4) is 0 Å². The van der Waals surface area contributed by atoms with E-state index >= 15 is 0 Å². The number of amides is 1. The van der Waals surface area contributed by atoms with Crippen LogP contribution >= 0.6 is 15.9 Å². The van der Waals surface area contributed by atoms with E-state index in [2.05, 4.69) is 52.5 Å². The normalized spacial score (nSPS) is 16.2. The molecular formula is C14H19BrN2O. The second-order valence-corrected chi connectivity index (χ2v) is 6.38. The van der Waals surface area contributed by atoms with Crippen LogP contribution in [0.5, 0.6) is 0 Å². The Bertz CT molecular complexity index is 424. The molecule has 1 amide bonds. The molecule has 1 aliphatic heterocycles. The number of halogens is 1. The predicted octanol–water partition coefficient (Wildman–Crippen LogP) is 2.06. The van der Waals surface area contributed by atoms with Crippen LogP contribution in [0.2, 0.25) is 0 Å². The van der Waals surface area contributed by atoms with Gasteiger partial charge >= 0.3 is 0 Å². The summed E-state index contributed by atoms with van der Waals surface area (Å²) in [7, 11) is 0. The molecule has 0 aliphatic carbocycles. The summed E-state index contributed by atoms with van der Waals surface area (Å²) < 4.78 is 1.08.